The highest BCUT2D eigenvalue weighted by Crippen LogP contribution is 2.37. The van der Waals surface area contributed by atoms with Crippen LogP contribution in [-0.2, 0) is 29.1 Å². The van der Waals surface area contributed by atoms with Crippen molar-refractivity contribution < 1.29 is 32.6 Å². The number of hydrogen-bond donors (Lipinski definition) is 4. The Balaban J connectivity index is 1.54. The number of esters is 1. The van der Waals surface area contributed by atoms with Gasteiger partial charge in [0.2, 0.25) is 10.0 Å². The second-order valence-corrected chi connectivity index (χ2v) is 15.3. The van der Waals surface area contributed by atoms with E-state index in [2.05, 4.69) is 16.1 Å². The summed E-state index contributed by atoms with van der Waals surface area (Å²) in [5, 5.41) is 19.3. The minimum absolute atomic E-state index is 0.117. The molecule has 256 valence electrons. The number of sulfonamides is 1. The first kappa shape index (κ1) is 34.9. The summed E-state index contributed by atoms with van der Waals surface area (Å²) >= 11 is 0. The van der Waals surface area contributed by atoms with Gasteiger partial charge in [-0.2, -0.15) is 0 Å². The SMILES string of the molecule is CC(C)[C@@H]1OC(=O)C2(/C=C/c3ccc4ccc(nc4c3)[C@@H](C)NC(O)[C@@H]3CCCN(N3)C(=O)[C@H](C)NC1=O)CCN(S(C)(=O)=O)CC2. The number of fused-ring (bicyclic) bond motifs is 4. The Hall–Kier alpha value is -3.43. The number of nitrogens with one attached hydrogen (secondary N) is 3. The van der Waals surface area contributed by atoms with Gasteiger partial charge in [-0.15, -0.1) is 0 Å². The summed E-state index contributed by atoms with van der Waals surface area (Å²) in [7, 11) is -3.47. The first-order valence-electron chi connectivity index (χ1n) is 16.2. The number of hydrazine groups is 1. The van der Waals surface area contributed by atoms with E-state index >= 15 is 0 Å². The van der Waals surface area contributed by atoms with Gasteiger partial charge in [0.1, 0.15) is 12.3 Å². The number of cyclic esters (lactones) is 1. The Labute approximate surface area is 276 Å². The number of ether oxygens (including phenoxy) is 1. The Morgan fingerprint density at radius 1 is 1.04 bits per heavy atom. The number of rotatable bonds is 2. The summed E-state index contributed by atoms with van der Waals surface area (Å²) in [6.45, 7) is 7.61. The Morgan fingerprint density at radius 3 is 2.43 bits per heavy atom. The highest BCUT2D eigenvalue weighted by molar-refractivity contribution is 7.88. The molecule has 5 atom stereocenters. The number of hydrogen-bond acceptors (Lipinski definition) is 10. The number of benzene rings is 1. The first-order chi connectivity index (χ1) is 22.2. The van der Waals surface area contributed by atoms with Crippen molar-refractivity contribution in [3.63, 3.8) is 0 Å². The molecule has 13 nitrogen and oxygen atoms in total. The molecule has 5 rings (SSSR count). The lowest BCUT2D eigenvalue weighted by molar-refractivity contribution is -0.168. The van der Waals surface area contributed by atoms with Gasteiger partial charge in [0.15, 0.2) is 6.10 Å². The minimum Gasteiger partial charge on any atom is -0.451 e. The van der Waals surface area contributed by atoms with Crippen molar-refractivity contribution in [3.8, 4) is 0 Å². The zero-order valence-corrected chi connectivity index (χ0v) is 28.4. The molecule has 14 heteroatoms. The molecule has 4 heterocycles. The molecule has 47 heavy (non-hydrogen) atoms. The van der Waals surface area contributed by atoms with Crippen LogP contribution < -0.4 is 16.1 Å². The van der Waals surface area contributed by atoms with Gasteiger partial charge < -0.3 is 15.2 Å². The van der Waals surface area contributed by atoms with E-state index in [1.54, 1.807) is 26.8 Å². The molecule has 0 saturated carbocycles. The molecule has 2 fully saturated rings. The fourth-order valence-corrected chi connectivity index (χ4v) is 7.23. The second kappa shape index (κ2) is 14.0. The highest BCUT2D eigenvalue weighted by atomic mass is 32.2. The van der Waals surface area contributed by atoms with Crippen LogP contribution in [0.2, 0.25) is 0 Å². The summed E-state index contributed by atoms with van der Waals surface area (Å²) in [5.41, 5.74) is 4.14. The van der Waals surface area contributed by atoms with E-state index < -0.39 is 57.6 Å². The summed E-state index contributed by atoms with van der Waals surface area (Å²) in [5.74, 6) is -2.03. The third-order valence-corrected chi connectivity index (χ3v) is 10.7. The molecule has 3 aliphatic heterocycles. The van der Waals surface area contributed by atoms with E-state index in [-0.39, 0.29) is 37.9 Å². The van der Waals surface area contributed by atoms with Crippen LogP contribution in [0.4, 0.5) is 0 Å². The van der Waals surface area contributed by atoms with Gasteiger partial charge in [-0.05, 0) is 63.1 Å². The summed E-state index contributed by atoms with van der Waals surface area (Å²) in [6, 6.07) is 7.89. The molecule has 1 aromatic heterocycles. The maximum atomic E-state index is 14.0. The van der Waals surface area contributed by atoms with Crippen molar-refractivity contribution >= 4 is 44.8 Å². The van der Waals surface area contributed by atoms with Gasteiger partial charge in [0, 0.05) is 31.1 Å². The zero-order chi connectivity index (χ0) is 34.1. The molecule has 3 aliphatic rings. The van der Waals surface area contributed by atoms with Crippen LogP contribution in [0.1, 0.15) is 70.7 Å². The average Bonchev–Trinajstić information content (AvgIpc) is 3.04. The number of carbonyl (C=O) groups excluding carboxylic acids is 3. The molecular formula is C33H46N6O7S. The monoisotopic (exact) mass is 670 g/mol. The Bertz CT molecular complexity index is 1640. The van der Waals surface area contributed by atoms with E-state index in [1.165, 1.54) is 9.31 Å². The van der Waals surface area contributed by atoms with E-state index in [4.69, 9.17) is 9.72 Å². The third-order valence-electron chi connectivity index (χ3n) is 9.38. The summed E-state index contributed by atoms with van der Waals surface area (Å²) in [4.78, 5) is 45.8. The average molecular weight is 671 g/mol. The molecular weight excluding hydrogens is 624 g/mol. The van der Waals surface area contributed by atoms with Gasteiger partial charge in [-0.25, -0.2) is 18.1 Å². The van der Waals surface area contributed by atoms with E-state index in [9.17, 15) is 27.9 Å². The number of piperidine rings is 1. The predicted molar refractivity (Wildman–Crippen MR) is 177 cm³/mol. The van der Waals surface area contributed by atoms with Gasteiger partial charge >= 0.3 is 5.97 Å². The van der Waals surface area contributed by atoms with Crippen LogP contribution in [0.3, 0.4) is 0 Å². The van der Waals surface area contributed by atoms with E-state index in [0.29, 0.717) is 19.4 Å². The molecule has 1 aromatic carbocycles. The molecule has 0 radical (unpaired) electrons. The Morgan fingerprint density at radius 2 is 1.74 bits per heavy atom. The number of aliphatic hydroxyl groups is 1. The van der Waals surface area contributed by atoms with Crippen molar-refractivity contribution in [2.75, 3.05) is 25.9 Å². The quantitative estimate of drug-likeness (QED) is 0.346. The zero-order valence-electron chi connectivity index (χ0n) is 27.6. The van der Waals surface area contributed by atoms with Crippen molar-refractivity contribution in [1.29, 1.82) is 0 Å². The molecule has 2 saturated heterocycles. The smallest absolute Gasteiger partial charge is 0.316 e. The van der Waals surface area contributed by atoms with Crippen molar-refractivity contribution in [2.45, 2.75) is 83.8 Å². The summed E-state index contributed by atoms with van der Waals surface area (Å²) in [6.07, 6.45) is 4.13. The fraction of sp³-hybridized carbons (Fsp3) is 0.576. The molecule has 4 N–H and O–H groups in total. The topological polar surface area (TPSA) is 170 Å². The number of amides is 2. The highest BCUT2D eigenvalue weighted by Gasteiger charge is 2.44. The normalized spacial score (nSPS) is 29.1. The van der Waals surface area contributed by atoms with Gasteiger partial charge in [-0.1, -0.05) is 44.2 Å². The molecule has 1 spiro atoms. The number of pyridine rings is 1. The molecule has 2 amide bonds. The maximum absolute atomic E-state index is 14.0. The lowest BCUT2D eigenvalue weighted by Crippen LogP contribution is -2.62. The number of nitrogens with zero attached hydrogens (tertiary/aromatic N) is 3. The van der Waals surface area contributed by atoms with E-state index in [1.807, 2.05) is 43.3 Å². The van der Waals surface area contributed by atoms with E-state index in [0.717, 1.165) is 28.4 Å². The molecule has 2 aromatic rings. The molecule has 0 aliphatic carbocycles. The number of aliphatic hydroxyl groups excluding tert-OH is 1. The maximum Gasteiger partial charge on any atom is 0.316 e. The molecule has 1 unspecified atom stereocenters. The number of carbonyl (C=O) groups is 3. The summed E-state index contributed by atoms with van der Waals surface area (Å²) < 4.78 is 31.9. The number of aromatic nitrogens is 1. The van der Waals surface area contributed by atoms with Crippen molar-refractivity contribution in [1.82, 2.24) is 30.4 Å². The van der Waals surface area contributed by atoms with Gasteiger partial charge in [-0.3, -0.25) is 29.7 Å². The molecule has 5 bridgehead atoms. The van der Waals surface area contributed by atoms with Crippen LogP contribution in [0.5, 0.6) is 0 Å². The third kappa shape index (κ3) is 7.83. The van der Waals surface area contributed by atoms with Crippen LogP contribution in [0.25, 0.3) is 17.0 Å². The van der Waals surface area contributed by atoms with Crippen molar-refractivity contribution in [2.24, 2.45) is 11.3 Å². The van der Waals surface area contributed by atoms with Crippen LogP contribution in [0.15, 0.2) is 36.4 Å². The lowest BCUT2D eigenvalue weighted by atomic mass is 9.78. The van der Waals surface area contributed by atoms with Gasteiger partial charge in [0.25, 0.3) is 11.8 Å². The first-order valence-corrected chi connectivity index (χ1v) is 18.1. The minimum atomic E-state index is -3.47. The van der Waals surface area contributed by atoms with Crippen LogP contribution in [-0.4, -0.2) is 95.9 Å². The second-order valence-electron chi connectivity index (χ2n) is 13.3. The Kier molecular flexibility index (Phi) is 10.4. The van der Waals surface area contributed by atoms with Crippen LogP contribution in [0, 0.1) is 11.3 Å². The predicted octanol–water partition coefficient (Wildman–Crippen LogP) is 1.84. The van der Waals surface area contributed by atoms with Crippen molar-refractivity contribution in [3.05, 3.63) is 47.7 Å². The largest absolute Gasteiger partial charge is 0.451 e. The van der Waals surface area contributed by atoms with Gasteiger partial charge in [0.05, 0.1) is 28.9 Å². The fourth-order valence-electron chi connectivity index (χ4n) is 6.38. The lowest BCUT2D eigenvalue weighted by Gasteiger charge is -2.39. The van der Waals surface area contributed by atoms with Crippen LogP contribution >= 0.6 is 0 Å². The standard InChI is InChI=1S/C33H46N6O7S/c1-20(2)28-30(41)35-22(4)31(42)39-16-6-7-26(37-39)29(40)34-21(3)25-11-10-24-9-8-23(19-27(24)36-25)12-13-33(32(43)46-28)14-17-38(18-15-33)47(5,44)45/h8-13,19-22,26,28-29,34,37,40H,6-7,14-18H2,1-5H3,(H,35,41)/b13-12+/t21-,22+,26+,28+,29?/m1/s1.